The molecular weight excluding hydrogens is 480 g/mol. The highest BCUT2D eigenvalue weighted by Crippen LogP contribution is 2.23. The summed E-state index contributed by atoms with van der Waals surface area (Å²) in [7, 11) is 0. The molecule has 0 aliphatic carbocycles. The van der Waals surface area contributed by atoms with Gasteiger partial charge in [0.15, 0.2) is 0 Å². The molecule has 4 N–H and O–H groups in total. The quantitative estimate of drug-likeness (QED) is 0.386. The van der Waals surface area contributed by atoms with Crippen LogP contribution in [0.5, 0.6) is 0 Å². The topological polar surface area (TPSA) is 116 Å². The molecule has 0 aliphatic heterocycles. The largest absolute Gasteiger partial charge is 0.269 e. The van der Waals surface area contributed by atoms with E-state index in [4.69, 9.17) is 0 Å². The van der Waals surface area contributed by atoms with Crippen LogP contribution in [0.15, 0.2) is 72.8 Å². The van der Waals surface area contributed by atoms with Gasteiger partial charge in [-0.1, -0.05) is 65.8 Å². The number of benzene rings is 3. The Morgan fingerprint density at radius 2 is 0.579 bits per heavy atom. The SMILES string of the molecule is CC(C)(C)c1ccc(C(=O)NNC(=O)c2ccc(C(=O)NNC(=O)c3ccc(C(C)(C)C)cc3)cc2)cc1. The predicted molar refractivity (Wildman–Crippen MR) is 147 cm³/mol. The van der Waals surface area contributed by atoms with E-state index in [9.17, 15) is 19.2 Å². The Morgan fingerprint density at radius 1 is 0.395 bits per heavy atom. The second kappa shape index (κ2) is 11.3. The van der Waals surface area contributed by atoms with E-state index < -0.39 is 23.6 Å². The number of hydrogen-bond donors (Lipinski definition) is 4. The van der Waals surface area contributed by atoms with Crippen molar-refractivity contribution in [3.05, 3.63) is 106 Å². The van der Waals surface area contributed by atoms with Crippen LogP contribution in [0.1, 0.15) is 94.1 Å². The molecule has 0 fully saturated rings. The second-order valence-electron chi connectivity index (χ2n) is 11.0. The number of hydrazine groups is 2. The minimum atomic E-state index is -0.538. The Kier molecular flexibility index (Phi) is 8.36. The molecule has 0 saturated carbocycles. The molecule has 8 heteroatoms. The summed E-state index contributed by atoms with van der Waals surface area (Å²) in [6.45, 7) is 12.5. The molecule has 198 valence electrons. The molecule has 0 radical (unpaired) electrons. The van der Waals surface area contributed by atoms with E-state index in [1.54, 1.807) is 24.3 Å². The number of rotatable bonds is 4. The zero-order valence-electron chi connectivity index (χ0n) is 22.6. The van der Waals surface area contributed by atoms with Crippen molar-refractivity contribution in [2.45, 2.75) is 52.4 Å². The molecule has 0 unspecified atom stereocenters. The van der Waals surface area contributed by atoms with Gasteiger partial charge in [-0.2, -0.15) is 0 Å². The van der Waals surface area contributed by atoms with Crippen LogP contribution in [0.25, 0.3) is 0 Å². The Morgan fingerprint density at radius 3 is 0.763 bits per heavy atom. The molecule has 0 heterocycles. The molecule has 0 bridgehead atoms. The van der Waals surface area contributed by atoms with Gasteiger partial charge in [-0.05, 0) is 70.5 Å². The number of nitrogens with one attached hydrogen (secondary N) is 4. The average Bonchev–Trinajstić information content (AvgIpc) is 2.89. The monoisotopic (exact) mass is 514 g/mol. The molecule has 0 aromatic heterocycles. The van der Waals surface area contributed by atoms with E-state index in [2.05, 4.69) is 63.2 Å². The van der Waals surface area contributed by atoms with E-state index in [0.29, 0.717) is 11.1 Å². The zero-order valence-corrected chi connectivity index (χ0v) is 22.6. The first kappa shape index (κ1) is 28.1. The Bertz CT molecular complexity index is 1210. The fourth-order valence-corrected chi connectivity index (χ4v) is 3.53. The maximum atomic E-state index is 12.4. The third-order valence-electron chi connectivity index (χ3n) is 6.01. The number of carbonyl (C=O) groups excluding carboxylic acids is 4. The van der Waals surface area contributed by atoms with Gasteiger partial charge in [-0.25, -0.2) is 0 Å². The summed E-state index contributed by atoms with van der Waals surface area (Å²) < 4.78 is 0. The van der Waals surface area contributed by atoms with Crippen LogP contribution in [-0.4, -0.2) is 23.6 Å². The number of hydrogen-bond acceptors (Lipinski definition) is 4. The minimum Gasteiger partial charge on any atom is -0.267 e. The minimum absolute atomic E-state index is 0.0315. The van der Waals surface area contributed by atoms with Crippen LogP contribution in [-0.2, 0) is 10.8 Å². The summed E-state index contributed by atoms with van der Waals surface area (Å²) >= 11 is 0. The van der Waals surface area contributed by atoms with Gasteiger partial charge >= 0.3 is 0 Å². The highest BCUT2D eigenvalue weighted by atomic mass is 16.2. The van der Waals surface area contributed by atoms with Gasteiger partial charge in [0.25, 0.3) is 23.6 Å². The van der Waals surface area contributed by atoms with E-state index in [0.717, 1.165) is 11.1 Å². The molecule has 3 rings (SSSR count). The van der Waals surface area contributed by atoms with Crippen molar-refractivity contribution in [1.29, 1.82) is 0 Å². The first-order valence-corrected chi connectivity index (χ1v) is 12.3. The van der Waals surface area contributed by atoms with Crippen molar-refractivity contribution in [2.24, 2.45) is 0 Å². The fourth-order valence-electron chi connectivity index (χ4n) is 3.53. The summed E-state index contributed by atoms with van der Waals surface area (Å²) in [4.78, 5) is 49.6. The Balaban J connectivity index is 1.50. The molecule has 8 nitrogen and oxygen atoms in total. The maximum absolute atomic E-state index is 12.4. The van der Waals surface area contributed by atoms with Gasteiger partial charge in [0.1, 0.15) is 0 Å². The molecule has 3 aromatic rings. The van der Waals surface area contributed by atoms with Gasteiger partial charge in [-0.15, -0.1) is 0 Å². The van der Waals surface area contributed by atoms with E-state index >= 15 is 0 Å². The summed E-state index contributed by atoms with van der Waals surface area (Å²) in [5.41, 5.74) is 12.9. The van der Waals surface area contributed by atoms with E-state index in [1.807, 2.05) is 24.3 Å². The van der Waals surface area contributed by atoms with Crippen molar-refractivity contribution < 1.29 is 19.2 Å². The van der Waals surface area contributed by atoms with Crippen molar-refractivity contribution in [3.8, 4) is 0 Å². The lowest BCUT2D eigenvalue weighted by Gasteiger charge is -2.19. The Labute approximate surface area is 223 Å². The molecule has 0 aliphatic rings. The van der Waals surface area contributed by atoms with Gasteiger partial charge in [-0.3, -0.25) is 40.9 Å². The van der Waals surface area contributed by atoms with Gasteiger partial charge in [0.05, 0.1) is 0 Å². The molecule has 38 heavy (non-hydrogen) atoms. The molecule has 0 saturated heterocycles. The number of amides is 4. The van der Waals surface area contributed by atoms with E-state index in [1.165, 1.54) is 24.3 Å². The smallest absolute Gasteiger partial charge is 0.267 e. The molecule has 0 spiro atoms. The van der Waals surface area contributed by atoms with Crippen molar-refractivity contribution in [2.75, 3.05) is 0 Å². The fraction of sp³-hybridized carbons (Fsp3) is 0.267. The molecule has 3 aromatic carbocycles. The highest BCUT2D eigenvalue weighted by molar-refractivity contribution is 6.01. The van der Waals surface area contributed by atoms with Crippen LogP contribution in [0.2, 0.25) is 0 Å². The van der Waals surface area contributed by atoms with Crippen molar-refractivity contribution in [1.82, 2.24) is 21.7 Å². The summed E-state index contributed by atoms with van der Waals surface area (Å²) in [5, 5.41) is 0. The highest BCUT2D eigenvalue weighted by Gasteiger charge is 2.16. The zero-order chi connectivity index (χ0) is 28.1. The lowest BCUT2D eigenvalue weighted by Crippen LogP contribution is -2.42. The average molecular weight is 515 g/mol. The van der Waals surface area contributed by atoms with E-state index in [-0.39, 0.29) is 22.0 Å². The van der Waals surface area contributed by atoms with Gasteiger partial charge in [0, 0.05) is 22.3 Å². The molecule has 0 atom stereocenters. The predicted octanol–water partition coefficient (Wildman–Crippen LogP) is 4.43. The summed E-state index contributed by atoms with van der Waals surface area (Å²) in [6, 6.07) is 20.1. The van der Waals surface area contributed by atoms with Gasteiger partial charge in [0.2, 0.25) is 0 Å². The van der Waals surface area contributed by atoms with Crippen molar-refractivity contribution >= 4 is 23.6 Å². The third-order valence-corrected chi connectivity index (χ3v) is 6.01. The van der Waals surface area contributed by atoms with Crippen LogP contribution >= 0.6 is 0 Å². The third kappa shape index (κ3) is 7.29. The lowest BCUT2D eigenvalue weighted by molar-refractivity contribution is 0.0844. The van der Waals surface area contributed by atoms with Crippen LogP contribution in [0, 0.1) is 0 Å². The van der Waals surface area contributed by atoms with Crippen molar-refractivity contribution in [3.63, 3.8) is 0 Å². The van der Waals surface area contributed by atoms with Crippen LogP contribution in [0.3, 0.4) is 0 Å². The first-order valence-electron chi connectivity index (χ1n) is 12.3. The maximum Gasteiger partial charge on any atom is 0.269 e. The normalized spacial score (nSPS) is 11.3. The lowest BCUT2D eigenvalue weighted by atomic mass is 9.87. The van der Waals surface area contributed by atoms with Crippen LogP contribution in [0.4, 0.5) is 0 Å². The molecule has 4 amide bonds. The Hall–Kier alpha value is -4.46. The standard InChI is InChI=1S/C30H34N4O4/c1-29(2,3)23-15-11-21(12-16-23)27(37)33-31-25(35)19-7-9-20(10-8-19)26(36)32-34-28(38)22-13-17-24(18-14-22)30(4,5)6/h7-18H,1-6H3,(H,31,35)(H,32,36)(H,33,37)(H,34,38). The van der Waals surface area contributed by atoms with Crippen LogP contribution < -0.4 is 21.7 Å². The summed E-state index contributed by atoms with van der Waals surface area (Å²) in [6.07, 6.45) is 0. The number of carbonyl (C=O) groups is 4. The molecular formula is C30H34N4O4. The first-order chi connectivity index (χ1) is 17.8. The second-order valence-corrected chi connectivity index (χ2v) is 11.0. The summed E-state index contributed by atoms with van der Waals surface area (Å²) in [5.74, 6) is -1.97. The van der Waals surface area contributed by atoms with Gasteiger partial charge < -0.3 is 0 Å².